The Morgan fingerprint density at radius 3 is 2.53 bits per heavy atom. The van der Waals surface area contributed by atoms with Gasteiger partial charge in [-0.05, 0) is 37.1 Å². The van der Waals surface area contributed by atoms with Gasteiger partial charge in [-0.3, -0.25) is 14.4 Å². The molecule has 3 rings (SSSR count). The first-order valence-electron chi connectivity index (χ1n) is 10.5. The highest BCUT2D eigenvalue weighted by Crippen LogP contribution is 2.41. The van der Waals surface area contributed by atoms with Crippen molar-refractivity contribution in [2.45, 2.75) is 36.4 Å². The average molecular weight is 568 g/mol. The number of esters is 1. The second kappa shape index (κ2) is 11.2. The van der Waals surface area contributed by atoms with Crippen LogP contribution in [0.1, 0.15) is 34.5 Å². The molecule has 0 aliphatic carbocycles. The molecular weight excluding hydrogens is 547 g/mol. The Hall–Kier alpha value is -2.68. The van der Waals surface area contributed by atoms with E-state index in [0.29, 0.717) is 17.2 Å². The molecule has 0 bridgehead atoms. The number of hydrogen-bond donors (Lipinski definition) is 2. The topological polar surface area (TPSA) is 122 Å². The number of anilines is 1. The number of rotatable bonds is 8. The summed E-state index contributed by atoms with van der Waals surface area (Å²) < 4.78 is 75.4. The number of methoxy groups -OCH3 is 1. The smallest absolute Gasteiger partial charge is 0.419 e. The van der Waals surface area contributed by atoms with Gasteiger partial charge in [-0.1, -0.05) is 17.7 Å². The largest absolute Gasteiger partial charge is 0.468 e. The molecule has 1 atom stereocenters. The van der Waals surface area contributed by atoms with E-state index in [9.17, 15) is 36.0 Å². The average Bonchev–Trinajstić information content (AvgIpc) is 3.26. The summed E-state index contributed by atoms with van der Waals surface area (Å²) in [6, 6.07) is 3.94. The molecule has 0 radical (unpaired) electrons. The number of carbonyl (C=O) groups is 3. The lowest BCUT2D eigenvalue weighted by molar-refractivity contribution is -0.142. The van der Waals surface area contributed by atoms with E-state index in [-0.39, 0.29) is 17.8 Å². The van der Waals surface area contributed by atoms with Crippen LogP contribution in [0.2, 0.25) is 4.34 Å². The van der Waals surface area contributed by atoms with Gasteiger partial charge in [-0.25, -0.2) is 8.42 Å². The summed E-state index contributed by atoms with van der Waals surface area (Å²) in [6.07, 6.45) is -4.14. The fraction of sp³-hybridized carbons (Fsp3) is 0.381. The Bertz CT molecular complexity index is 1270. The van der Waals surface area contributed by atoms with Crippen LogP contribution in [0, 0.1) is 0 Å². The van der Waals surface area contributed by atoms with E-state index in [1.165, 1.54) is 12.1 Å². The summed E-state index contributed by atoms with van der Waals surface area (Å²) in [4.78, 5) is 36.7. The summed E-state index contributed by atoms with van der Waals surface area (Å²) in [5.41, 5.74) is -2.12. The van der Waals surface area contributed by atoms with Gasteiger partial charge < -0.3 is 15.0 Å². The monoisotopic (exact) mass is 567 g/mol. The summed E-state index contributed by atoms with van der Waals surface area (Å²) in [7, 11) is -4.04. The number of benzene rings is 1. The van der Waals surface area contributed by atoms with E-state index in [2.05, 4.69) is 10.1 Å². The Balaban J connectivity index is 1.94. The number of amides is 2. The van der Waals surface area contributed by atoms with Gasteiger partial charge in [0, 0.05) is 19.5 Å². The summed E-state index contributed by atoms with van der Waals surface area (Å²) in [5.74, 6) is -2.38. The Morgan fingerprint density at radius 1 is 1.22 bits per heavy atom. The van der Waals surface area contributed by atoms with Crippen molar-refractivity contribution in [3.63, 3.8) is 0 Å². The minimum absolute atomic E-state index is 0.00238. The molecule has 1 saturated heterocycles. The molecule has 0 spiro atoms. The molecule has 36 heavy (non-hydrogen) atoms. The van der Waals surface area contributed by atoms with Crippen LogP contribution >= 0.6 is 22.9 Å². The first kappa shape index (κ1) is 27.9. The maximum absolute atomic E-state index is 14.1. The Morgan fingerprint density at radius 2 is 1.94 bits per heavy atom. The first-order valence-corrected chi connectivity index (χ1v) is 13.2. The molecule has 2 N–H and O–H groups in total. The highest BCUT2D eigenvalue weighted by molar-refractivity contribution is 7.89. The molecule has 2 amide bonds. The molecule has 15 heteroatoms. The minimum atomic E-state index is -5.15. The number of nitrogens with zero attached hydrogens (tertiary/aromatic N) is 1. The van der Waals surface area contributed by atoms with E-state index in [1.807, 2.05) is 4.72 Å². The highest BCUT2D eigenvalue weighted by Gasteiger charge is 2.43. The van der Waals surface area contributed by atoms with Crippen molar-refractivity contribution < 1.29 is 40.7 Å². The van der Waals surface area contributed by atoms with Gasteiger partial charge in [0.1, 0.15) is 6.04 Å². The van der Waals surface area contributed by atoms with Crippen LogP contribution in [0.3, 0.4) is 0 Å². The number of nitrogens with one attached hydrogen (secondary N) is 2. The van der Waals surface area contributed by atoms with E-state index in [4.69, 9.17) is 11.6 Å². The van der Waals surface area contributed by atoms with Crippen LogP contribution in [0.5, 0.6) is 0 Å². The number of piperidine rings is 1. The highest BCUT2D eigenvalue weighted by atomic mass is 35.5. The SMILES string of the molecule is COC(=O)C(CNC(=O)c1ccc(Cl)s1)NS(=O)(=O)c1cccc(N2CCCCC2=O)c1C(F)(F)F. The van der Waals surface area contributed by atoms with E-state index in [0.717, 1.165) is 41.5 Å². The normalized spacial score (nSPS) is 15.5. The van der Waals surface area contributed by atoms with Crippen molar-refractivity contribution in [1.82, 2.24) is 10.0 Å². The number of carbonyl (C=O) groups excluding carboxylic acids is 3. The van der Waals surface area contributed by atoms with E-state index >= 15 is 0 Å². The Labute approximate surface area is 213 Å². The van der Waals surface area contributed by atoms with Gasteiger partial charge in [0.05, 0.1) is 32.5 Å². The van der Waals surface area contributed by atoms with Crippen LogP contribution in [0.25, 0.3) is 0 Å². The quantitative estimate of drug-likeness (QED) is 0.473. The zero-order valence-corrected chi connectivity index (χ0v) is 21.1. The third-order valence-corrected chi connectivity index (χ3v) is 7.98. The zero-order valence-electron chi connectivity index (χ0n) is 18.7. The molecule has 0 saturated carbocycles. The summed E-state index contributed by atoms with van der Waals surface area (Å²) >= 11 is 6.71. The third kappa shape index (κ3) is 6.35. The number of sulfonamides is 1. The second-order valence-electron chi connectivity index (χ2n) is 7.66. The van der Waals surface area contributed by atoms with Crippen molar-refractivity contribution >= 4 is 56.4 Å². The molecule has 1 aromatic heterocycles. The lowest BCUT2D eigenvalue weighted by Crippen LogP contribution is -2.49. The van der Waals surface area contributed by atoms with E-state index in [1.54, 1.807) is 0 Å². The van der Waals surface area contributed by atoms with Crippen LogP contribution in [-0.4, -0.2) is 52.4 Å². The van der Waals surface area contributed by atoms with Crippen LogP contribution in [0.4, 0.5) is 18.9 Å². The number of halogens is 4. The molecular formula is C21H21ClF3N3O6S2. The summed E-state index contributed by atoms with van der Waals surface area (Å²) in [5, 5.41) is 2.33. The van der Waals surface area contributed by atoms with Crippen LogP contribution in [0.15, 0.2) is 35.2 Å². The minimum Gasteiger partial charge on any atom is -0.468 e. The molecule has 196 valence electrons. The molecule has 1 aromatic carbocycles. The fourth-order valence-corrected chi connectivity index (χ4v) is 5.99. The van der Waals surface area contributed by atoms with Crippen LogP contribution in [-0.2, 0) is 30.5 Å². The number of thiophene rings is 1. The Kier molecular flexibility index (Phi) is 8.64. The van der Waals surface area contributed by atoms with Crippen molar-refractivity contribution in [2.75, 3.05) is 25.1 Å². The van der Waals surface area contributed by atoms with Crippen molar-refractivity contribution in [3.8, 4) is 0 Å². The van der Waals surface area contributed by atoms with Gasteiger partial charge in [0.2, 0.25) is 15.9 Å². The van der Waals surface area contributed by atoms with Crippen molar-refractivity contribution in [1.29, 1.82) is 0 Å². The lowest BCUT2D eigenvalue weighted by Gasteiger charge is -2.30. The molecule has 1 unspecified atom stereocenters. The van der Waals surface area contributed by atoms with Gasteiger partial charge >= 0.3 is 12.1 Å². The first-order chi connectivity index (χ1) is 16.8. The number of alkyl halides is 3. The van der Waals surface area contributed by atoms with Crippen molar-refractivity contribution in [2.24, 2.45) is 0 Å². The van der Waals surface area contributed by atoms with Crippen LogP contribution < -0.4 is 14.9 Å². The molecule has 1 aliphatic rings. The second-order valence-corrected chi connectivity index (χ2v) is 11.1. The molecule has 2 heterocycles. The van der Waals surface area contributed by atoms with Gasteiger partial charge in [0.15, 0.2) is 0 Å². The standard InChI is InChI=1S/C21H21ClF3N3O6S2/c1-34-20(31)12(11-26-19(30)14-8-9-16(22)35-14)27-36(32,33)15-6-4-5-13(18(15)21(23,24)25)28-10-3-2-7-17(28)29/h4-6,8-9,12,27H,2-3,7,10-11H2,1H3,(H,26,30). The molecule has 2 aromatic rings. The molecule has 1 fully saturated rings. The number of hydrogen-bond acceptors (Lipinski definition) is 7. The molecule has 1 aliphatic heterocycles. The van der Waals surface area contributed by atoms with Gasteiger partial charge in [-0.2, -0.15) is 17.9 Å². The maximum atomic E-state index is 14.1. The third-order valence-electron chi connectivity index (χ3n) is 5.24. The van der Waals surface area contributed by atoms with Crippen molar-refractivity contribution in [3.05, 3.63) is 45.1 Å². The van der Waals surface area contributed by atoms with Gasteiger partial charge in [0.25, 0.3) is 5.91 Å². The number of ether oxygens (including phenoxy) is 1. The summed E-state index contributed by atoms with van der Waals surface area (Å²) in [6.45, 7) is -0.617. The predicted octanol–water partition coefficient (Wildman–Crippen LogP) is 3.19. The lowest BCUT2D eigenvalue weighted by atomic mass is 10.1. The van der Waals surface area contributed by atoms with Gasteiger partial charge in [-0.15, -0.1) is 11.3 Å². The molecule has 9 nitrogen and oxygen atoms in total. The zero-order chi connectivity index (χ0) is 26.7. The van der Waals surface area contributed by atoms with E-state index < -0.39 is 62.7 Å². The predicted molar refractivity (Wildman–Crippen MR) is 125 cm³/mol. The fourth-order valence-electron chi connectivity index (χ4n) is 3.60. The maximum Gasteiger partial charge on any atom is 0.419 e.